The predicted octanol–water partition coefficient (Wildman–Crippen LogP) is 3.41. The highest BCUT2D eigenvalue weighted by atomic mass is 32.2. The maximum absolute atomic E-state index is 14.1. The van der Waals surface area contributed by atoms with Crippen LogP contribution >= 0.6 is 23.1 Å². The fraction of sp³-hybridized carbons (Fsp3) is 0.235. The summed E-state index contributed by atoms with van der Waals surface area (Å²) < 4.78 is 15.8. The number of carbonyl (C=O) groups excluding carboxylic acids is 1. The minimum Gasteiger partial charge on any atom is -0.300 e. The summed E-state index contributed by atoms with van der Waals surface area (Å²) in [5.74, 6) is -0.0901. The normalized spacial score (nSPS) is 10.7. The largest absolute Gasteiger partial charge is 0.300 e. The monoisotopic (exact) mass is 404 g/mol. The van der Waals surface area contributed by atoms with E-state index in [9.17, 15) is 9.18 Å². The van der Waals surface area contributed by atoms with E-state index >= 15 is 0 Å². The first-order valence-corrected chi connectivity index (χ1v) is 9.96. The van der Waals surface area contributed by atoms with Gasteiger partial charge >= 0.3 is 0 Å². The molecule has 0 unspecified atom stereocenters. The van der Waals surface area contributed by atoms with Crippen molar-refractivity contribution in [2.75, 3.05) is 11.1 Å². The van der Waals surface area contributed by atoms with Crippen molar-refractivity contribution in [2.24, 2.45) is 0 Å². The molecule has 3 aromatic rings. The number of nitrogens with zero attached hydrogens (tertiary/aromatic N) is 5. The van der Waals surface area contributed by atoms with Crippen LogP contribution in [0.25, 0.3) is 11.4 Å². The number of thioether (sulfide) groups is 1. The lowest BCUT2D eigenvalue weighted by atomic mass is 10.2. The van der Waals surface area contributed by atoms with Crippen molar-refractivity contribution in [3.63, 3.8) is 0 Å². The first-order valence-electron chi connectivity index (χ1n) is 8.16. The maximum Gasteiger partial charge on any atom is 0.236 e. The van der Waals surface area contributed by atoms with E-state index in [0.717, 1.165) is 11.4 Å². The van der Waals surface area contributed by atoms with Crippen LogP contribution in [0.5, 0.6) is 0 Å². The molecule has 0 bridgehead atoms. The van der Waals surface area contributed by atoms with Gasteiger partial charge < -0.3 is 0 Å². The van der Waals surface area contributed by atoms with E-state index in [-0.39, 0.29) is 17.5 Å². The molecule has 1 aromatic carbocycles. The van der Waals surface area contributed by atoms with E-state index in [4.69, 9.17) is 0 Å². The van der Waals surface area contributed by atoms with E-state index in [1.54, 1.807) is 28.8 Å². The summed E-state index contributed by atoms with van der Waals surface area (Å²) >= 11 is 2.56. The Morgan fingerprint density at radius 3 is 2.85 bits per heavy atom. The van der Waals surface area contributed by atoms with Crippen molar-refractivity contribution in [1.82, 2.24) is 25.0 Å². The number of carbonyl (C=O) groups is 1. The first-order chi connectivity index (χ1) is 13.1. The van der Waals surface area contributed by atoms with Crippen LogP contribution < -0.4 is 5.32 Å². The van der Waals surface area contributed by atoms with Crippen molar-refractivity contribution < 1.29 is 9.18 Å². The summed E-state index contributed by atoms with van der Waals surface area (Å²) in [5, 5.41) is 20.6. The van der Waals surface area contributed by atoms with Crippen LogP contribution in [0.4, 0.5) is 9.52 Å². The van der Waals surface area contributed by atoms with Crippen LogP contribution in [-0.2, 0) is 17.8 Å². The molecule has 0 spiro atoms. The third-order valence-corrected chi connectivity index (χ3v) is 5.44. The van der Waals surface area contributed by atoms with Crippen molar-refractivity contribution in [2.45, 2.75) is 25.0 Å². The molecule has 3 rings (SSSR count). The fourth-order valence-corrected chi connectivity index (χ4v) is 3.71. The van der Waals surface area contributed by atoms with Crippen molar-refractivity contribution in [3.05, 3.63) is 47.7 Å². The molecule has 7 nitrogen and oxygen atoms in total. The van der Waals surface area contributed by atoms with Gasteiger partial charge in [0.15, 0.2) is 11.0 Å². The Kier molecular flexibility index (Phi) is 6.30. The number of anilines is 1. The lowest BCUT2D eigenvalue weighted by Crippen LogP contribution is -2.14. The third kappa shape index (κ3) is 4.58. The van der Waals surface area contributed by atoms with Gasteiger partial charge in [-0.25, -0.2) is 4.39 Å². The van der Waals surface area contributed by atoms with Gasteiger partial charge in [-0.1, -0.05) is 48.2 Å². The van der Waals surface area contributed by atoms with Gasteiger partial charge in [0.1, 0.15) is 10.8 Å². The SMILES string of the molecule is C=CCn1c(SCC(=O)Nc2nnc(CC)s2)nnc1-c1ccccc1F. The molecule has 0 radical (unpaired) electrons. The van der Waals surface area contributed by atoms with Gasteiger partial charge in [-0.2, -0.15) is 0 Å². The van der Waals surface area contributed by atoms with E-state index in [1.807, 2.05) is 6.92 Å². The van der Waals surface area contributed by atoms with Gasteiger partial charge in [0.2, 0.25) is 11.0 Å². The van der Waals surface area contributed by atoms with Gasteiger partial charge in [0, 0.05) is 6.54 Å². The Morgan fingerprint density at radius 2 is 2.15 bits per heavy atom. The second kappa shape index (κ2) is 8.87. The molecule has 1 N–H and O–H groups in total. The molecule has 140 valence electrons. The standard InChI is InChI=1S/C17H17FN6OS2/c1-3-9-24-15(11-7-5-6-8-12(11)18)21-23-17(24)26-10-13(25)19-16-22-20-14(4-2)27-16/h3,5-8H,1,4,9-10H2,2H3,(H,19,22,25). The third-order valence-electron chi connectivity index (χ3n) is 3.49. The molecule has 0 atom stereocenters. The summed E-state index contributed by atoms with van der Waals surface area (Å²) in [7, 11) is 0. The topological polar surface area (TPSA) is 85.6 Å². The number of hydrogen-bond donors (Lipinski definition) is 1. The highest BCUT2D eigenvalue weighted by molar-refractivity contribution is 7.99. The summed E-state index contributed by atoms with van der Waals surface area (Å²) in [6.07, 6.45) is 2.44. The Bertz CT molecular complexity index is 955. The number of amides is 1. The second-order valence-corrected chi connectivity index (χ2v) is 7.38. The molecule has 1 amide bonds. The first kappa shape index (κ1) is 19.2. The van der Waals surface area contributed by atoms with Gasteiger partial charge in [-0.15, -0.1) is 27.0 Å². The average Bonchev–Trinajstić information content (AvgIpc) is 3.28. The minimum absolute atomic E-state index is 0.119. The highest BCUT2D eigenvalue weighted by Gasteiger charge is 2.17. The number of nitrogens with one attached hydrogen (secondary N) is 1. The Labute approximate surface area is 163 Å². The molecule has 10 heteroatoms. The molecule has 0 aliphatic rings. The lowest BCUT2D eigenvalue weighted by Gasteiger charge is -2.08. The predicted molar refractivity (Wildman–Crippen MR) is 104 cm³/mol. The number of rotatable bonds is 8. The molecule has 0 fully saturated rings. The van der Waals surface area contributed by atoms with Crippen molar-refractivity contribution >= 4 is 34.1 Å². The van der Waals surface area contributed by atoms with E-state index in [0.29, 0.717) is 28.2 Å². The van der Waals surface area contributed by atoms with Gasteiger partial charge in [0.25, 0.3) is 0 Å². The van der Waals surface area contributed by atoms with Crippen LogP contribution in [0.1, 0.15) is 11.9 Å². The molecular formula is C17H17FN6OS2. The van der Waals surface area contributed by atoms with Gasteiger partial charge in [0.05, 0.1) is 11.3 Å². The fourth-order valence-electron chi connectivity index (χ4n) is 2.26. The Balaban J connectivity index is 1.72. The maximum atomic E-state index is 14.1. The van der Waals surface area contributed by atoms with E-state index in [2.05, 4.69) is 32.3 Å². The molecule has 0 saturated heterocycles. The summed E-state index contributed by atoms with van der Waals surface area (Å²) in [6, 6.07) is 6.36. The lowest BCUT2D eigenvalue weighted by molar-refractivity contribution is -0.113. The van der Waals surface area contributed by atoms with E-state index < -0.39 is 0 Å². The summed E-state index contributed by atoms with van der Waals surface area (Å²) in [4.78, 5) is 12.2. The zero-order valence-electron chi connectivity index (χ0n) is 14.6. The minimum atomic E-state index is -0.382. The van der Waals surface area contributed by atoms with Gasteiger partial charge in [-0.05, 0) is 18.6 Å². The van der Waals surface area contributed by atoms with Crippen molar-refractivity contribution in [3.8, 4) is 11.4 Å². The summed E-state index contributed by atoms with van der Waals surface area (Å²) in [5.41, 5.74) is 0.351. The molecular weight excluding hydrogens is 387 g/mol. The second-order valence-electron chi connectivity index (χ2n) is 5.38. The molecule has 2 heterocycles. The number of aryl methyl sites for hydroxylation is 1. The summed E-state index contributed by atoms with van der Waals surface area (Å²) in [6.45, 7) is 6.10. The number of halogens is 1. The smallest absolute Gasteiger partial charge is 0.236 e. The Morgan fingerprint density at radius 1 is 1.33 bits per heavy atom. The van der Waals surface area contributed by atoms with E-state index in [1.165, 1.54) is 29.2 Å². The van der Waals surface area contributed by atoms with Crippen LogP contribution in [0.3, 0.4) is 0 Å². The molecule has 0 saturated carbocycles. The molecule has 27 heavy (non-hydrogen) atoms. The molecule has 0 aliphatic heterocycles. The zero-order chi connectivity index (χ0) is 19.2. The van der Waals surface area contributed by atoms with Crippen LogP contribution in [0, 0.1) is 5.82 Å². The van der Waals surface area contributed by atoms with Crippen LogP contribution in [0.2, 0.25) is 0 Å². The van der Waals surface area contributed by atoms with Crippen LogP contribution in [0.15, 0.2) is 42.1 Å². The Hall–Kier alpha value is -2.59. The highest BCUT2D eigenvalue weighted by Crippen LogP contribution is 2.26. The van der Waals surface area contributed by atoms with Crippen molar-refractivity contribution in [1.29, 1.82) is 0 Å². The average molecular weight is 404 g/mol. The number of aromatic nitrogens is 5. The number of hydrogen-bond acceptors (Lipinski definition) is 7. The zero-order valence-corrected chi connectivity index (χ0v) is 16.2. The number of benzene rings is 1. The quantitative estimate of drug-likeness (QED) is 0.457. The van der Waals surface area contributed by atoms with Crippen LogP contribution in [-0.4, -0.2) is 36.6 Å². The molecule has 0 aliphatic carbocycles. The van der Waals surface area contributed by atoms with Gasteiger partial charge in [-0.3, -0.25) is 14.7 Å². The number of allylic oxidation sites excluding steroid dienone is 1. The molecule has 2 aromatic heterocycles.